The van der Waals surface area contributed by atoms with Crippen LogP contribution in [0, 0.1) is 6.92 Å². The van der Waals surface area contributed by atoms with Crippen LogP contribution in [0.1, 0.15) is 19.4 Å². The lowest BCUT2D eigenvalue weighted by atomic mass is 10.2. The van der Waals surface area contributed by atoms with E-state index in [-0.39, 0.29) is 11.2 Å². The van der Waals surface area contributed by atoms with Gasteiger partial charge >= 0.3 is 0 Å². The normalized spacial score (nSPS) is 12.0. The third-order valence-corrected chi connectivity index (χ3v) is 5.20. The molecule has 1 amide bonds. The highest BCUT2D eigenvalue weighted by Crippen LogP contribution is 2.27. The molecular formula is C20H22N4OS. The molecule has 0 unspecified atom stereocenters. The average molecular weight is 366 g/mol. The fraction of sp³-hybridized carbons (Fsp3) is 0.250. The van der Waals surface area contributed by atoms with Gasteiger partial charge in [-0.25, -0.2) is 0 Å². The Morgan fingerprint density at radius 3 is 2.50 bits per heavy atom. The van der Waals surface area contributed by atoms with Gasteiger partial charge < -0.3 is 9.88 Å². The summed E-state index contributed by atoms with van der Waals surface area (Å²) < 4.78 is 2.04. The predicted molar refractivity (Wildman–Crippen MR) is 106 cm³/mol. The van der Waals surface area contributed by atoms with E-state index in [0.717, 1.165) is 34.3 Å². The summed E-state index contributed by atoms with van der Waals surface area (Å²) in [5.41, 5.74) is 2.90. The molecule has 1 N–H and O–H groups in total. The van der Waals surface area contributed by atoms with Crippen LogP contribution in [-0.4, -0.2) is 25.9 Å². The van der Waals surface area contributed by atoms with Crippen molar-refractivity contribution >= 4 is 23.4 Å². The largest absolute Gasteiger partial charge is 0.325 e. The van der Waals surface area contributed by atoms with Gasteiger partial charge in [0.2, 0.25) is 5.91 Å². The number of benzene rings is 2. The Balaban J connectivity index is 1.75. The fourth-order valence-electron chi connectivity index (χ4n) is 2.62. The number of thioether (sulfide) groups is 1. The lowest BCUT2D eigenvalue weighted by molar-refractivity contribution is -0.115. The van der Waals surface area contributed by atoms with E-state index in [2.05, 4.69) is 22.4 Å². The van der Waals surface area contributed by atoms with Crippen molar-refractivity contribution in [1.29, 1.82) is 0 Å². The van der Waals surface area contributed by atoms with E-state index in [1.807, 2.05) is 73.0 Å². The van der Waals surface area contributed by atoms with Crippen LogP contribution in [0.5, 0.6) is 0 Å². The second-order valence-corrected chi connectivity index (χ2v) is 7.29. The third-order valence-electron chi connectivity index (χ3n) is 4.12. The van der Waals surface area contributed by atoms with Gasteiger partial charge in [0, 0.05) is 17.8 Å². The summed E-state index contributed by atoms with van der Waals surface area (Å²) in [4.78, 5) is 12.6. The van der Waals surface area contributed by atoms with E-state index >= 15 is 0 Å². The molecule has 134 valence electrons. The molecule has 0 aliphatic heterocycles. The SMILES string of the molecule is CCn1c(S[C@@H](C)C(=O)Nc2ccccc2C)nnc1-c1ccccc1. The monoisotopic (exact) mass is 366 g/mol. The smallest absolute Gasteiger partial charge is 0.237 e. The van der Waals surface area contributed by atoms with Crippen LogP contribution in [0.15, 0.2) is 59.8 Å². The molecule has 0 saturated heterocycles. The van der Waals surface area contributed by atoms with Gasteiger partial charge in [-0.15, -0.1) is 10.2 Å². The first-order valence-corrected chi connectivity index (χ1v) is 9.50. The lowest BCUT2D eigenvalue weighted by Crippen LogP contribution is -2.23. The van der Waals surface area contributed by atoms with Crippen LogP contribution in [0.4, 0.5) is 5.69 Å². The molecule has 26 heavy (non-hydrogen) atoms. The first-order chi connectivity index (χ1) is 12.6. The van der Waals surface area contributed by atoms with E-state index < -0.39 is 0 Å². The van der Waals surface area contributed by atoms with Crippen molar-refractivity contribution in [3.8, 4) is 11.4 Å². The molecule has 0 fully saturated rings. The van der Waals surface area contributed by atoms with E-state index in [9.17, 15) is 4.79 Å². The van der Waals surface area contributed by atoms with Crippen molar-refractivity contribution in [3.63, 3.8) is 0 Å². The number of hydrogen-bond donors (Lipinski definition) is 1. The minimum atomic E-state index is -0.285. The molecule has 6 heteroatoms. The predicted octanol–water partition coefficient (Wildman–Crippen LogP) is 4.39. The van der Waals surface area contributed by atoms with Crippen LogP contribution in [0.2, 0.25) is 0 Å². The quantitative estimate of drug-likeness (QED) is 0.657. The molecule has 1 atom stereocenters. The van der Waals surface area contributed by atoms with Crippen molar-refractivity contribution in [2.75, 3.05) is 5.32 Å². The molecule has 0 radical (unpaired) electrons. The first-order valence-electron chi connectivity index (χ1n) is 8.62. The Labute approximate surface area is 157 Å². The summed E-state index contributed by atoms with van der Waals surface area (Å²) in [5, 5.41) is 12.1. The van der Waals surface area contributed by atoms with Gasteiger partial charge in [-0.2, -0.15) is 0 Å². The number of hydrogen-bond acceptors (Lipinski definition) is 4. The molecule has 0 aliphatic carbocycles. The molecule has 1 heterocycles. The van der Waals surface area contributed by atoms with Gasteiger partial charge in [-0.1, -0.05) is 60.3 Å². The maximum Gasteiger partial charge on any atom is 0.237 e. The topological polar surface area (TPSA) is 59.8 Å². The molecule has 3 rings (SSSR count). The number of anilines is 1. The molecule has 1 aromatic heterocycles. The van der Waals surface area contributed by atoms with Gasteiger partial charge in [-0.3, -0.25) is 4.79 Å². The Morgan fingerprint density at radius 2 is 1.81 bits per heavy atom. The summed E-state index contributed by atoms with van der Waals surface area (Å²) in [7, 11) is 0. The molecular weight excluding hydrogens is 344 g/mol. The Bertz CT molecular complexity index is 892. The van der Waals surface area contributed by atoms with Crippen molar-refractivity contribution in [3.05, 3.63) is 60.2 Å². The van der Waals surface area contributed by atoms with Crippen molar-refractivity contribution < 1.29 is 4.79 Å². The molecule has 3 aromatic rings. The number of carbonyl (C=O) groups is 1. The van der Waals surface area contributed by atoms with Gasteiger partial charge in [0.1, 0.15) is 0 Å². The molecule has 0 aliphatic rings. The average Bonchev–Trinajstić information content (AvgIpc) is 3.06. The van der Waals surface area contributed by atoms with E-state index in [4.69, 9.17) is 0 Å². The summed E-state index contributed by atoms with van der Waals surface area (Å²) in [6.07, 6.45) is 0. The van der Waals surface area contributed by atoms with Gasteiger partial charge in [0.25, 0.3) is 0 Å². The van der Waals surface area contributed by atoms with E-state index in [1.54, 1.807) is 0 Å². The van der Waals surface area contributed by atoms with Crippen LogP contribution in [-0.2, 0) is 11.3 Å². The lowest BCUT2D eigenvalue weighted by Gasteiger charge is -2.14. The zero-order valence-corrected chi connectivity index (χ0v) is 16.0. The fourth-order valence-corrected chi connectivity index (χ4v) is 3.53. The highest BCUT2D eigenvalue weighted by atomic mass is 32.2. The zero-order chi connectivity index (χ0) is 18.5. The third kappa shape index (κ3) is 3.96. The summed E-state index contributed by atoms with van der Waals surface area (Å²) in [6, 6.07) is 17.7. The number of aryl methyl sites for hydroxylation is 1. The van der Waals surface area contributed by atoms with E-state index in [1.165, 1.54) is 11.8 Å². The Kier molecular flexibility index (Phi) is 5.73. The highest BCUT2D eigenvalue weighted by molar-refractivity contribution is 8.00. The van der Waals surface area contributed by atoms with Gasteiger partial charge in [0.05, 0.1) is 5.25 Å². The number of para-hydroxylation sites is 1. The van der Waals surface area contributed by atoms with Crippen LogP contribution < -0.4 is 5.32 Å². The van der Waals surface area contributed by atoms with Crippen molar-refractivity contribution in [2.24, 2.45) is 0 Å². The number of rotatable bonds is 6. The number of aromatic nitrogens is 3. The number of nitrogens with one attached hydrogen (secondary N) is 1. The number of carbonyl (C=O) groups excluding carboxylic acids is 1. The standard InChI is InChI=1S/C20H22N4OS/c1-4-24-18(16-11-6-5-7-12-16)22-23-20(24)26-15(3)19(25)21-17-13-9-8-10-14(17)2/h5-13,15H,4H2,1-3H3,(H,21,25)/t15-/m0/s1. The van der Waals surface area contributed by atoms with Crippen LogP contribution in [0.25, 0.3) is 11.4 Å². The maximum absolute atomic E-state index is 12.6. The summed E-state index contributed by atoms with van der Waals surface area (Å²) >= 11 is 1.42. The Morgan fingerprint density at radius 1 is 1.12 bits per heavy atom. The zero-order valence-electron chi connectivity index (χ0n) is 15.1. The minimum absolute atomic E-state index is 0.0452. The number of amides is 1. The van der Waals surface area contributed by atoms with Gasteiger partial charge in [0.15, 0.2) is 11.0 Å². The van der Waals surface area contributed by atoms with Crippen LogP contribution >= 0.6 is 11.8 Å². The van der Waals surface area contributed by atoms with Gasteiger partial charge in [-0.05, 0) is 32.4 Å². The van der Waals surface area contributed by atoms with E-state index in [0.29, 0.717) is 0 Å². The molecule has 5 nitrogen and oxygen atoms in total. The molecule has 0 spiro atoms. The molecule has 0 saturated carbocycles. The molecule has 2 aromatic carbocycles. The second-order valence-electron chi connectivity index (χ2n) is 5.98. The van der Waals surface area contributed by atoms with Crippen molar-refractivity contribution in [1.82, 2.24) is 14.8 Å². The number of nitrogens with zero attached hydrogens (tertiary/aromatic N) is 3. The minimum Gasteiger partial charge on any atom is -0.325 e. The second kappa shape index (κ2) is 8.19. The Hall–Kier alpha value is -2.60. The van der Waals surface area contributed by atoms with Crippen LogP contribution in [0.3, 0.4) is 0 Å². The highest BCUT2D eigenvalue weighted by Gasteiger charge is 2.20. The van der Waals surface area contributed by atoms with Crippen molar-refractivity contribution in [2.45, 2.75) is 37.7 Å². The molecule has 0 bridgehead atoms. The summed E-state index contributed by atoms with van der Waals surface area (Å²) in [6.45, 7) is 6.66. The maximum atomic E-state index is 12.6. The first kappa shape index (κ1) is 18.2. The summed E-state index contributed by atoms with van der Waals surface area (Å²) in [5.74, 6) is 0.776.